The summed E-state index contributed by atoms with van der Waals surface area (Å²) in [5.41, 5.74) is 2.76. The molecule has 2 heterocycles. The Balaban J connectivity index is 1.67. The molecule has 144 valence electrons. The van der Waals surface area contributed by atoms with Crippen molar-refractivity contribution in [2.75, 3.05) is 27.2 Å². The number of piperidine rings is 1. The fourth-order valence-electron chi connectivity index (χ4n) is 3.78. The quantitative estimate of drug-likeness (QED) is 0.783. The van der Waals surface area contributed by atoms with Gasteiger partial charge in [0.2, 0.25) is 0 Å². The zero-order chi connectivity index (χ0) is 19.2. The van der Waals surface area contributed by atoms with Gasteiger partial charge in [-0.2, -0.15) is 0 Å². The molecule has 1 saturated heterocycles. The lowest BCUT2D eigenvalue weighted by Crippen LogP contribution is -2.35. The minimum atomic E-state index is -0.0394. The third kappa shape index (κ3) is 4.92. The maximum absolute atomic E-state index is 12.2. The van der Waals surface area contributed by atoms with Crippen LogP contribution in [0.1, 0.15) is 59.2 Å². The highest BCUT2D eigenvalue weighted by atomic mass is 16.2. The molecule has 27 heavy (non-hydrogen) atoms. The van der Waals surface area contributed by atoms with Crippen LogP contribution < -0.4 is 0 Å². The Bertz CT molecular complexity index is 760. The van der Waals surface area contributed by atoms with Gasteiger partial charge in [-0.3, -0.25) is 9.69 Å². The van der Waals surface area contributed by atoms with Crippen LogP contribution in [0.15, 0.2) is 36.5 Å². The second-order valence-electron chi connectivity index (χ2n) is 7.56. The molecule has 1 amide bonds. The van der Waals surface area contributed by atoms with Crippen LogP contribution in [-0.2, 0) is 6.42 Å². The molecule has 1 aromatic heterocycles. The predicted molar refractivity (Wildman–Crippen MR) is 108 cm³/mol. The lowest BCUT2D eigenvalue weighted by atomic mass is 10.00. The van der Waals surface area contributed by atoms with E-state index in [2.05, 4.69) is 40.2 Å². The molecule has 1 atom stereocenters. The van der Waals surface area contributed by atoms with Crippen LogP contribution in [0, 0.1) is 6.92 Å². The summed E-state index contributed by atoms with van der Waals surface area (Å²) in [5.74, 6) is 0.824. The van der Waals surface area contributed by atoms with E-state index in [1.807, 2.05) is 6.92 Å². The smallest absolute Gasteiger partial charge is 0.256 e. The first-order valence-corrected chi connectivity index (χ1v) is 9.89. The van der Waals surface area contributed by atoms with Crippen molar-refractivity contribution in [3.8, 4) is 0 Å². The van der Waals surface area contributed by atoms with Gasteiger partial charge in [0.15, 0.2) is 0 Å². The second-order valence-corrected chi connectivity index (χ2v) is 7.56. The van der Waals surface area contributed by atoms with Crippen LogP contribution in [0.25, 0.3) is 0 Å². The van der Waals surface area contributed by atoms with Gasteiger partial charge in [0, 0.05) is 20.3 Å². The molecule has 1 aliphatic heterocycles. The highest BCUT2D eigenvalue weighted by Gasteiger charge is 2.26. The molecule has 0 N–H and O–H groups in total. The maximum atomic E-state index is 12.2. The van der Waals surface area contributed by atoms with Crippen LogP contribution in [-0.4, -0.2) is 52.9 Å². The predicted octanol–water partition coefficient (Wildman–Crippen LogP) is 3.65. The fourth-order valence-corrected chi connectivity index (χ4v) is 3.78. The summed E-state index contributed by atoms with van der Waals surface area (Å²) < 4.78 is 0. The SMILES string of the molecule is Cc1nc(C2CCCCN2CCCc2ccccc2)ncc1C(=O)N(C)C. The van der Waals surface area contributed by atoms with Crippen LogP contribution in [0.2, 0.25) is 0 Å². The minimum absolute atomic E-state index is 0.0394. The van der Waals surface area contributed by atoms with Gasteiger partial charge in [0.1, 0.15) is 5.82 Å². The van der Waals surface area contributed by atoms with E-state index in [0.29, 0.717) is 5.56 Å². The molecule has 1 aromatic carbocycles. The third-order valence-electron chi connectivity index (χ3n) is 5.30. The van der Waals surface area contributed by atoms with Crippen LogP contribution >= 0.6 is 0 Å². The van der Waals surface area contributed by atoms with Crippen molar-refractivity contribution < 1.29 is 4.79 Å². The van der Waals surface area contributed by atoms with Crippen molar-refractivity contribution >= 4 is 5.91 Å². The average Bonchev–Trinajstić information content (AvgIpc) is 2.68. The second kappa shape index (κ2) is 9.09. The molecule has 2 aromatic rings. The first kappa shape index (κ1) is 19.5. The monoisotopic (exact) mass is 366 g/mol. The largest absolute Gasteiger partial charge is 0.345 e. The molecule has 1 aliphatic rings. The third-order valence-corrected chi connectivity index (χ3v) is 5.30. The summed E-state index contributed by atoms with van der Waals surface area (Å²) in [6.45, 7) is 4.06. The molecule has 1 fully saturated rings. The molecule has 0 spiro atoms. The lowest BCUT2D eigenvalue weighted by Gasteiger charge is -2.34. The van der Waals surface area contributed by atoms with E-state index in [1.54, 1.807) is 25.2 Å². The van der Waals surface area contributed by atoms with E-state index >= 15 is 0 Å². The molecule has 0 aliphatic carbocycles. The number of aromatic nitrogens is 2. The zero-order valence-electron chi connectivity index (χ0n) is 16.7. The van der Waals surface area contributed by atoms with E-state index in [1.165, 1.54) is 18.4 Å². The Hall–Kier alpha value is -2.27. The number of carbonyl (C=O) groups is 1. The van der Waals surface area contributed by atoms with E-state index in [4.69, 9.17) is 4.98 Å². The highest BCUT2D eigenvalue weighted by Crippen LogP contribution is 2.29. The number of hydrogen-bond acceptors (Lipinski definition) is 4. The van der Waals surface area contributed by atoms with Crippen molar-refractivity contribution in [1.29, 1.82) is 0 Å². The number of nitrogens with zero attached hydrogens (tertiary/aromatic N) is 4. The van der Waals surface area contributed by atoms with Crippen LogP contribution in [0.3, 0.4) is 0 Å². The molecule has 0 saturated carbocycles. The van der Waals surface area contributed by atoms with Crippen molar-refractivity contribution in [1.82, 2.24) is 19.8 Å². The van der Waals surface area contributed by atoms with Crippen molar-refractivity contribution in [3.63, 3.8) is 0 Å². The van der Waals surface area contributed by atoms with Crippen molar-refractivity contribution in [2.24, 2.45) is 0 Å². The van der Waals surface area contributed by atoms with Gasteiger partial charge in [0.05, 0.1) is 17.3 Å². The molecule has 0 radical (unpaired) electrons. The molecule has 0 bridgehead atoms. The molecular weight excluding hydrogens is 336 g/mol. The standard InChI is InChI=1S/C22H30N4O/c1-17-19(22(27)25(2)3)16-23-21(24-17)20-13-7-8-14-26(20)15-9-12-18-10-5-4-6-11-18/h4-6,10-11,16,20H,7-9,12-15H2,1-3H3. The number of benzene rings is 1. The number of aryl methyl sites for hydroxylation is 2. The summed E-state index contributed by atoms with van der Waals surface area (Å²) in [7, 11) is 3.51. The topological polar surface area (TPSA) is 49.3 Å². The first-order valence-electron chi connectivity index (χ1n) is 9.89. The Kier molecular flexibility index (Phi) is 6.56. The number of hydrogen-bond donors (Lipinski definition) is 0. The summed E-state index contributed by atoms with van der Waals surface area (Å²) in [5, 5.41) is 0. The summed E-state index contributed by atoms with van der Waals surface area (Å²) in [4.78, 5) is 25.6. The van der Waals surface area contributed by atoms with Gasteiger partial charge in [-0.05, 0) is 51.3 Å². The van der Waals surface area contributed by atoms with E-state index < -0.39 is 0 Å². The van der Waals surface area contributed by atoms with Gasteiger partial charge >= 0.3 is 0 Å². The number of amides is 1. The molecule has 5 nitrogen and oxygen atoms in total. The Morgan fingerprint density at radius 3 is 2.70 bits per heavy atom. The van der Waals surface area contributed by atoms with Gasteiger partial charge in [0.25, 0.3) is 5.91 Å². The lowest BCUT2D eigenvalue weighted by molar-refractivity contribution is 0.0825. The van der Waals surface area contributed by atoms with Gasteiger partial charge in [-0.1, -0.05) is 36.8 Å². The highest BCUT2D eigenvalue weighted by molar-refractivity contribution is 5.94. The Labute approximate surface area is 162 Å². The summed E-state index contributed by atoms with van der Waals surface area (Å²) in [6, 6.07) is 10.9. The fraction of sp³-hybridized carbons (Fsp3) is 0.500. The van der Waals surface area contributed by atoms with Gasteiger partial charge in [-0.25, -0.2) is 9.97 Å². The van der Waals surface area contributed by atoms with Gasteiger partial charge in [-0.15, -0.1) is 0 Å². The Morgan fingerprint density at radius 2 is 2.00 bits per heavy atom. The molecule has 5 heteroatoms. The number of carbonyl (C=O) groups excluding carboxylic acids is 1. The normalized spacial score (nSPS) is 17.7. The van der Waals surface area contributed by atoms with E-state index in [9.17, 15) is 4.79 Å². The van der Waals surface area contributed by atoms with E-state index in [0.717, 1.165) is 43.9 Å². The minimum Gasteiger partial charge on any atom is -0.345 e. The number of rotatable bonds is 6. The number of likely N-dealkylation sites (tertiary alicyclic amines) is 1. The summed E-state index contributed by atoms with van der Waals surface area (Å²) in [6.07, 6.45) is 7.47. The van der Waals surface area contributed by atoms with Gasteiger partial charge < -0.3 is 4.90 Å². The first-order chi connectivity index (χ1) is 13.1. The van der Waals surface area contributed by atoms with Crippen LogP contribution in [0.4, 0.5) is 0 Å². The molecule has 3 rings (SSSR count). The van der Waals surface area contributed by atoms with Crippen LogP contribution in [0.5, 0.6) is 0 Å². The van der Waals surface area contributed by atoms with E-state index in [-0.39, 0.29) is 11.9 Å². The Morgan fingerprint density at radius 1 is 1.22 bits per heavy atom. The maximum Gasteiger partial charge on any atom is 0.256 e. The zero-order valence-corrected chi connectivity index (χ0v) is 16.7. The summed E-state index contributed by atoms with van der Waals surface area (Å²) >= 11 is 0. The molecule has 1 unspecified atom stereocenters. The van der Waals surface area contributed by atoms with Crippen molar-refractivity contribution in [3.05, 3.63) is 59.2 Å². The molecular formula is C22H30N4O. The van der Waals surface area contributed by atoms with Crippen molar-refractivity contribution in [2.45, 2.75) is 45.1 Å². The average molecular weight is 367 g/mol.